The van der Waals surface area contributed by atoms with Crippen molar-refractivity contribution < 1.29 is 4.79 Å². The zero-order valence-electron chi connectivity index (χ0n) is 12.4. The minimum atomic E-state index is -0.194. The molecular formula is C15H29NO. The van der Waals surface area contributed by atoms with Crippen LogP contribution in [-0.4, -0.2) is 18.9 Å². The Bertz CT molecular complexity index is 273. The molecule has 1 saturated heterocycles. The van der Waals surface area contributed by atoms with Crippen LogP contribution in [0.2, 0.25) is 0 Å². The maximum Gasteiger partial charge on any atom is 0.141 e. The third kappa shape index (κ3) is 3.54. The largest absolute Gasteiger partial charge is 0.316 e. The molecule has 1 N–H and O–H groups in total. The second kappa shape index (κ2) is 5.09. The van der Waals surface area contributed by atoms with E-state index in [2.05, 4.69) is 33.0 Å². The Morgan fingerprint density at radius 1 is 1.29 bits per heavy atom. The predicted molar refractivity (Wildman–Crippen MR) is 73.0 cm³/mol. The van der Waals surface area contributed by atoms with Crippen LogP contribution in [0.3, 0.4) is 0 Å². The van der Waals surface area contributed by atoms with Crippen molar-refractivity contribution in [1.29, 1.82) is 0 Å². The summed E-state index contributed by atoms with van der Waals surface area (Å²) in [5.41, 5.74) is 0.0534. The van der Waals surface area contributed by atoms with E-state index in [0.717, 1.165) is 19.5 Å². The fraction of sp³-hybridized carbons (Fsp3) is 0.933. The molecule has 1 heterocycles. The maximum atomic E-state index is 12.2. The number of Topliss-reactive ketones (excluding diaryl/α,β-unsaturated/α-hetero) is 1. The smallest absolute Gasteiger partial charge is 0.141 e. The van der Waals surface area contributed by atoms with Gasteiger partial charge in [0.2, 0.25) is 0 Å². The van der Waals surface area contributed by atoms with Crippen LogP contribution in [0.4, 0.5) is 0 Å². The molecule has 1 aliphatic rings. The lowest BCUT2D eigenvalue weighted by Crippen LogP contribution is -2.37. The molecule has 17 heavy (non-hydrogen) atoms. The maximum absolute atomic E-state index is 12.2. The van der Waals surface area contributed by atoms with Gasteiger partial charge in [-0.1, -0.05) is 41.5 Å². The average molecular weight is 239 g/mol. The number of hydrogen-bond donors (Lipinski definition) is 1. The zero-order chi connectivity index (χ0) is 13.3. The molecule has 1 rings (SSSR count). The lowest BCUT2D eigenvalue weighted by Gasteiger charge is -2.38. The Morgan fingerprint density at radius 3 is 2.29 bits per heavy atom. The van der Waals surface area contributed by atoms with Crippen molar-refractivity contribution in [2.24, 2.45) is 22.7 Å². The molecule has 0 aliphatic carbocycles. The number of rotatable bonds is 5. The highest BCUT2D eigenvalue weighted by molar-refractivity contribution is 5.85. The van der Waals surface area contributed by atoms with E-state index in [1.165, 1.54) is 6.42 Å². The zero-order valence-corrected chi connectivity index (χ0v) is 12.4. The minimum Gasteiger partial charge on any atom is -0.316 e. The van der Waals surface area contributed by atoms with Gasteiger partial charge in [-0.05, 0) is 37.3 Å². The van der Waals surface area contributed by atoms with E-state index in [1.807, 2.05) is 13.8 Å². The molecule has 0 aromatic carbocycles. The van der Waals surface area contributed by atoms with Crippen LogP contribution in [0.5, 0.6) is 0 Å². The molecule has 0 spiro atoms. The van der Waals surface area contributed by atoms with Crippen LogP contribution in [0.25, 0.3) is 0 Å². The lowest BCUT2D eigenvalue weighted by atomic mass is 9.65. The number of carbonyl (C=O) groups excluding carboxylic acids is 1. The van der Waals surface area contributed by atoms with Crippen LogP contribution >= 0.6 is 0 Å². The first-order chi connectivity index (χ1) is 7.67. The summed E-state index contributed by atoms with van der Waals surface area (Å²) in [5, 5.41) is 3.43. The van der Waals surface area contributed by atoms with Crippen molar-refractivity contribution in [3.05, 3.63) is 0 Å². The highest BCUT2D eigenvalue weighted by Crippen LogP contribution is 2.42. The van der Waals surface area contributed by atoms with Gasteiger partial charge in [-0.15, -0.1) is 0 Å². The van der Waals surface area contributed by atoms with Gasteiger partial charge in [-0.25, -0.2) is 0 Å². The molecule has 0 saturated carbocycles. The van der Waals surface area contributed by atoms with E-state index >= 15 is 0 Å². The van der Waals surface area contributed by atoms with Crippen LogP contribution < -0.4 is 5.32 Å². The molecule has 2 nitrogen and oxygen atoms in total. The van der Waals surface area contributed by atoms with Gasteiger partial charge in [0, 0.05) is 11.3 Å². The Labute approximate surface area is 107 Å². The molecule has 2 heteroatoms. The quantitative estimate of drug-likeness (QED) is 0.798. The summed E-state index contributed by atoms with van der Waals surface area (Å²) in [7, 11) is 0. The predicted octanol–water partition coefficient (Wildman–Crippen LogP) is 3.26. The van der Waals surface area contributed by atoms with E-state index in [4.69, 9.17) is 0 Å². The Morgan fingerprint density at radius 2 is 1.88 bits per heavy atom. The molecule has 1 atom stereocenters. The summed E-state index contributed by atoms with van der Waals surface area (Å²) in [4.78, 5) is 12.2. The first-order valence-corrected chi connectivity index (χ1v) is 6.92. The van der Waals surface area contributed by atoms with Gasteiger partial charge in [-0.2, -0.15) is 0 Å². The molecule has 0 radical (unpaired) electrons. The first kappa shape index (κ1) is 14.7. The average Bonchev–Trinajstić information content (AvgIpc) is 2.67. The molecule has 100 valence electrons. The summed E-state index contributed by atoms with van der Waals surface area (Å²) < 4.78 is 0. The fourth-order valence-corrected chi connectivity index (χ4v) is 3.47. The van der Waals surface area contributed by atoms with Crippen molar-refractivity contribution in [3.63, 3.8) is 0 Å². The van der Waals surface area contributed by atoms with Crippen molar-refractivity contribution in [3.8, 4) is 0 Å². The third-order valence-corrected chi connectivity index (χ3v) is 4.25. The molecule has 0 amide bonds. The van der Waals surface area contributed by atoms with E-state index in [1.54, 1.807) is 0 Å². The van der Waals surface area contributed by atoms with Crippen molar-refractivity contribution in [2.45, 2.75) is 54.4 Å². The molecule has 1 fully saturated rings. The minimum absolute atomic E-state index is 0.141. The summed E-state index contributed by atoms with van der Waals surface area (Å²) in [6.07, 6.45) is 2.24. The topological polar surface area (TPSA) is 29.1 Å². The van der Waals surface area contributed by atoms with Gasteiger partial charge in [0.15, 0.2) is 0 Å². The van der Waals surface area contributed by atoms with Crippen LogP contribution in [0, 0.1) is 22.7 Å². The Balaban J connectivity index is 2.71. The molecule has 1 aliphatic heterocycles. The van der Waals surface area contributed by atoms with Gasteiger partial charge in [0.05, 0.1) is 0 Å². The van der Waals surface area contributed by atoms with E-state index in [0.29, 0.717) is 11.7 Å². The fourth-order valence-electron chi connectivity index (χ4n) is 3.47. The summed E-state index contributed by atoms with van der Waals surface area (Å²) in [6, 6.07) is 0. The highest BCUT2D eigenvalue weighted by atomic mass is 16.1. The van der Waals surface area contributed by atoms with Crippen LogP contribution in [0.15, 0.2) is 0 Å². The molecule has 0 aromatic heterocycles. The molecule has 1 unspecified atom stereocenters. The SMILES string of the molecule is CC(C)C(=O)C(C)(C)CC(C)(C)C1CCNC1. The normalized spacial score (nSPS) is 22.2. The van der Waals surface area contributed by atoms with Crippen molar-refractivity contribution >= 4 is 5.78 Å². The first-order valence-electron chi connectivity index (χ1n) is 6.92. The standard InChI is InChI=1S/C15H29NO/c1-11(2)13(17)15(5,6)10-14(3,4)12-7-8-16-9-12/h11-12,16H,7-10H2,1-6H3. The van der Waals surface area contributed by atoms with Gasteiger partial charge < -0.3 is 5.32 Å². The molecule has 0 aromatic rings. The van der Waals surface area contributed by atoms with Gasteiger partial charge in [-0.3, -0.25) is 4.79 Å². The monoisotopic (exact) mass is 239 g/mol. The Kier molecular flexibility index (Phi) is 4.40. The van der Waals surface area contributed by atoms with Crippen LogP contribution in [-0.2, 0) is 4.79 Å². The summed E-state index contributed by atoms with van der Waals surface area (Å²) in [6.45, 7) is 15.1. The lowest BCUT2D eigenvalue weighted by molar-refractivity contribution is -0.132. The van der Waals surface area contributed by atoms with Crippen LogP contribution in [0.1, 0.15) is 54.4 Å². The summed E-state index contributed by atoms with van der Waals surface area (Å²) in [5.74, 6) is 1.25. The third-order valence-electron chi connectivity index (χ3n) is 4.25. The number of ketones is 1. The second-order valence-electron chi connectivity index (χ2n) is 7.26. The van der Waals surface area contributed by atoms with E-state index < -0.39 is 0 Å². The Hall–Kier alpha value is -0.370. The van der Waals surface area contributed by atoms with Gasteiger partial charge in [0.25, 0.3) is 0 Å². The van der Waals surface area contributed by atoms with E-state index in [9.17, 15) is 4.79 Å². The molecular weight excluding hydrogens is 210 g/mol. The molecule has 0 bridgehead atoms. The van der Waals surface area contributed by atoms with Crippen molar-refractivity contribution in [1.82, 2.24) is 5.32 Å². The van der Waals surface area contributed by atoms with Crippen molar-refractivity contribution in [2.75, 3.05) is 13.1 Å². The number of hydrogen-bond acceptors (Lipinski definition) is 2. The number of nitrogens with one attached hydrogen (secondary N) is 1. The number of carbonyl (C=O) groups is 1. The highest BCUT2D eigenvalue weighted by Gasteiger charge is 2.40. The second-order valence-corrected chi connectivity index (χ2v) is 7.26. The van der Waals surface area contributed by atoms with Gasteiger partial charge in [0.1, 0.15) is 5.78 Å². The summed E-state index contributed by atoms with van der Waals surface area (Å²) >= 11 is 0. The van der Waals surface area contributed by atoms with Gasteiger partial charge >= 0.3 is 0 Å². The van der Waals surface area contributed by atoms with E-state index in [-0.39, 0.29) is 16.7 Å².